The van der Waals surface area contributed by atoms with Gasteiger partial charge in [-0.3, -0.25) is 0 Å². The molecule has 0 saturated carbocycles. The minimum absolute atomic E-state index is 0.676. The first kappa shape index (κ1) is 11.1. The van der Waals surface area contributed by atoms with Crippen molar-refractivity contribution in [2.75, 3.05) is 0 Å². The van der Waals surface area contributed by atoms with Crippen LogP contribution in [-0.4, -0.2) is 5.66 Å². The molecule has 0 fully saturated rings. The van der Waals surface area contributed by atoms with Crippen molar-refractivity contribution in [2.45, 2.75) is 25.4 Å². The lowest BCUT2D eigenvalue weighted by Gasteiger charge is -2.23. The molecule has 0 aromatic heterocycles. The van der Waals surface area contributed by atoms with Gasteiger partial charge in [-0.2, -0.15) is 0 Å². The largest absolute Gasteiger partial charge is 0.310 e. The summed E-state index contributed by atoms with van der Waals surface area (Å²) in [5.41, 5.74) is 14.9. The van der Waals surface area contributed by atoms with Gasteiger partial charge in [0.15, 0.2) is 0 Å². The SMILES string of the molecule is CCc1ccccc1C1=CCC(N)(N)C=C1. The lowest BCUT2D eigenvalue weighted by Crippen LogP contribution is -2.47. The Labute approximate surface area is 96.6 Å². The molecule has 0 aliphatic heterocycles. The Morgan fingerprint density at radius 3 is 2.62 bits per heavy atom. The van der Waals surface area contributed by atoms with Crippen LogP contribution in [0.5, 0.6) is 0 Å². The average Bonchev–Trinajstić information content (AvgIpc) is 2.29. The number of benzene rings is 1. The first-order valence-electron chi connectivity index (χ1n) is 5.68. The molecule has 1 aliphatic carbocycles. The van der Waals surface area contributed by atoms with Gasteiger partial charge in [-0.1, -0.05) is 43.3 Å². The maximum atomic E-state index is 5.84. The average molecular weight is 214 g/mol. The van der Waals surface area contributed by atoms with Crippen LogP contribution in [0.3, 0.4) is 0 Å². The highest BCUT2D eigenvalue weighted by Gasteiger charge is 2.18. The molecule has 0 unspecified atom stereocenters. The van der Waals surface area contributed by atoms with Crippen LogP contribution < -0.4 is 11.5 Å². The van der Waals surface area contributed by atoms with E-state index < -0.39 is 5.66 Å². The molecule has 0 bridgehead atoms. The second-order valence-electron chi connectivity index (χ2n) is 4.32. The Morgan fingerprint density at radius 1 is 1.25 bits per heavy atom. The maximum absolute atomic E-state index is 5.84. The molecule has 84 valence electrons. The molecule has 4 N–H and O–H groups in total. The summed E-state index contributed by atoms with van der Waals surface area (Å²) in [6.07, 6.45) is 7.76. The summed E-state index contributed by atoms with van der Waals surface area (Å²) >= 11 is 0. The smallest absolute Gasteiger partial charge is 0.0867 e. The van der Waals surface area contributed by atoms with Crippen LogP contribution in [0.15, 0.2) is 42.5 Å². The summed E-state index contributed by atoms with van der Waals surface area (Å²) in [6.45, 7) is 2.17. The number of hydrogen-bond donors (Lipinski definition) is 2. The lowest BCUT2D eigenvalue weighted by atomic mass is 9.91. The molecule has 1 aromatic carbocycles. The van der Waals surface area contributed by atoms with E-state index in [2.05, 4.69) is 37.3 Å². The Morgan fingerprint density at radius 2 is 2.00 bits per heavy atom. The highest BCUT2D eigenvalue weighted by Crippen LogP contribution is 2.26. The standard InChI is InChI=1S/C14H18N2/c1-2-11-5-3-4-6-13(11)12-7-9-14(15,16)10-8-12/h3-9H,2,10,15-16H2,1H3. The van der Waals surface area contributed by atoms with Crippen molar-refractivity contribution in [1.29, 1.82) is 0 Å². The van der Waals surface area contributed by atoms with Crippen LogP contribution in [0.4, 0.5) is 0 Å². The predicted molar refractivity (Wildman–Crippen MR) is 68.7 cm³/mol. The van der Waals surface area contributed by atoms with Gasteiger partial charge in [0.25, 0.3) is 0 Å². The molecule has 0 amide bonds. The highest BCUT2D eigenvalue weighted by molar-refractivity contribution is 5.77. The predicted octanol–water partition coefficient (Wildman–Crippen LogP) is 2.21. The van der Waals surface area contributed by atoms with Gasteiger partial charge >= 0.3 is 0 Å². The van der Waals surface area contributed by atoms with E-state index in [4.69, 9.17) is 11.5 Å². The van der Waals surface area contributed by atoms with Gasteiger partial charge in [-0.25, -0.2) is 0 Å². The topological polar surface area (TPSA) is 52.0 Å². The Hall–Kier alpha value is -1.38. The first-order valence-corrected chi connectivity index (χ1v) is 5.68. The second-order valence-corrected chi connectivity index (χ2v) is 4.32. The summed E-state index contributed by atoms with van der Waals surface area (Å²) in [7, 11) is 0. The van der Waals surface area contributed by atoms with Gasteiger partial charge in [0.2, 0.25) is 0 Å². The van der Waals surface area contributed by atoms with E-state index in [1.165, 1.54) is 16.7 Å². The van der Waals surface area contributed by atoms with Gasteiger partial charge in [0.05, 0.1) is 5.66 Å². The van der Waals surface area contributed by atoms with Crippen molar-refractivity contribution in [2.24, 2.45) is 11.5 Å². The number of hydrogen-bond acceptors (Lipinski definition) is 2. The zero-order valence-electron chi connectivity index (χ0n) is 9.61. The molecule has 0 spiro atoms. The van der Waals surface area contributed by atoms with Crippen molar-refractivity contribution in [3.63, 3.8) is 0 Å². The van der Waals surface area contributed by atoms with Gasteiger partial charge in [-0.15, -0.1) is 0 Å². The molecule has 16 heavy (non-hydrogen) atoms. The maximum Gasteiger partial charge on any atom is 0.0867 e. The van der Waals surface area contributed by atoms with Crippen LogP contribution in [-0.2, 0) is 6.42 Å². The quantitative estimate of drug-likeness (QED) is 0.742. The third-order valence-corrected chi connectivity index (χ3v) is 2.96. The fraction of sp³-hybridized carbons (Fsp3) is 0.286. The van der Waals surface area contributed by atoms with E-state index in [-0.39, 0.29) is 0 Å². The number of rotatable bonds is 2. The van der Waals surface area contributed by atoms with E-state index >= 15 is 0 Å². The lowest BCUT2D eigenvalue weighted by molar-refractivity contribution is 0.559. The van der Waals surface area contributed by atoms with Crippen LogP contribution in [0.25, 0.3) is 5.57 Å². The second kappa shape index (κ2) is 4.24. The third-order valence-electron chi connectivity index (χ3n) is 2.96. The normalized spacial score (nSPS) is 18.3. The van der Waals surface area contributed by atoms with Crippen molar-refractivity contribution in [1.82, 2.24) is 0 Å². The fourth-order valence-electron chi connectivity index (χ4n) is 1.98. The highest BCUT2D eigenvalue weighted by atomic mass is 14.9. The zero-order valence-corrected chi connectivity index (χ0v) is 9.61. The molecule has 2 rings (SSSR count). The molecular formula is C14H18N2. The molecule has 2 nitrogen and oxygen atoms in total. The molecule has 1 aliphatic rings. The number of aryl methyl sites for hydroxylation is 1. The fourth-order valence-corrected chi connectivity index (χ4v) is 1.98. The molecule has 0 saturated heterocycles. The zero-order chi connectivity index (χ0) is 11.6. The van der Waals surface area contributed by atoms with E-state index in [1.807, 2.05) is 12.2 Å². The van der Waals surface area contributed by atoms with Gasteiger partial charge in [0, 0.05) is 6.42 Å². The summed E-state index contributed by atoms with van der Waals surface area (Å²) in [5, 5.41) is 0. The third kappa shape index (κ3) is 2.23. The molecule has 0 radical (unpaired) electrons. The summed E-state index contributed by atoms with van der Waals surface area (Å²) in [4.78, 5) is 0. The Bertz CT molecular complexity index is 442. The molecule has 0 atom stereocenters. The first-order chi connectivity index (χ1) is 7.62. The van der Waals surface area contributed by atoms with Gasteiger partial charge < -0.3 is 11.5 Å². The van der Waals surface area contributed by atoms with Crippen molar-refractivity contribution < 1.29 is 0 Å². The van der Waals surface area contributed by atoms with E-state index in [9.17, 15) is 0 Å². The van der Waals surface area contributed by atoms with Crippen LogP contribution in [0, 0.1) is 0 Å². The molecule has 0 heterocycles. The van der Waals surface area contributed by atoms with Crippen LogP contribution in [0.2, 0.25) is 0 Å². The minimum Gasteiger partial charge on any atom is -0.310 e. The molecular weight excluding hydrogens is 196 g/mol. The van der Waals surface area contributed by atoms with Crippen LogP contribution >= 0.6 is 0 Å². The van der Waals surface area contributed by atoms with Crippen molar-refractivity contribution in [3.8, 4) is 0 Å². The van der Waals surface area contributed by atoms with Crippen molar-refractivity contribution >= 4 is 5.57 Å². The van der Waals surface area contributed by atoms with Gasteiger partial charge in [0.1, 0.15) is 0 Å². The number of nitrogens with two attached hydrogens (primary N) is 2. The number of allylic oxidation sites excluding steroid dienone is 2. The van der Waals surface area contributed by atoms with Gasteiger partial charge in [-0.05, 0) is 29.2 Å². The Balaban J connectivity index is 2.33. The molecule has 2 heteroatoms. The van der Waals surface area contributed by atoms with E-state index in [1.54, 1.807) is 0 Å². The molecule has 1 aromatic rings. The van der Waals surface area contributed by atoms with E-state index in [0.717, 1.165) is 6.42 Å². The van der Waals surface area contributed by atoms with Crippen molar-refractivity contribution in [3.05, 3.63) is 53.6 Å². The van der Waals surface area contributed by atoms with Crippen LogP contribution in [0.1, 0.15) is 24.5 Å². The monoisotopic (exact) mass is 214 g/mol. The van der Waals surface area contributed by atoms with E-state index in [0.29, 0.717) is 6.42 Å². The Kier molecular flexibility index (Phi) is 2.95. The summed E-state index contributed by atoms with van der Waals surface area (Å²) in [6, 6.07) is 8.45. The summed E-state index contributed by atoms with van der Waals surface area (Å²) in [5.74, 6) is 0. The minimum atomic E-state index is -0.676. The summed E-state index contributed by atoms with van der Waals surface area (Å²) < 4.78 is 0.